The highest BCUT2D eigenvalue weighted by atomic mass is 16.9. The van der Waals surface area contributed by atoms with Gasteiger partial charge in [0, 0.05) is 6.04 Å². The zero-order valence-electron chi connectivity index (χ0n) is 7.12. The maximum Gasteiger partial charge on any atom is 0.355 e. The van der Waals surface area contributed by atoms with Crippen molar-refractivity contribution in [3.05, 3.63) is 0 Å². The molecule has 1 aliphatic carbocycles. The molecule has 0 aromatic carbocycles. The molecule has 2 atom stereocenters. The largest absolute Gasteiger partial charge is 0.478 e. The number of hydrogen-bond acceptors (Lipinski definition) is 3. The number of hydroxylamine groups is 2. The first-order chi connectivity index (χ1) is 5.64. The second kappa shape index (κ2) is 2.44. The van der Waals surface area contributed by atoms with Crippen molar-refractivity contribution in [2.24, 2.45) is 0 Å². The molecule has 0 amide bonds. The van der Waals surface area contributed by atoms with Crippen LogP contribution in [0.2, 0.25) is 0 Å². The van der Waals surface area contributed by atoms with E-state index in [1.807, 2.05) is 0 Å². The van der Waals surface area contributed by atoms with Crippen LogP contribution in [0.5, 0.6) is 0 Å². The zero-order chi connectivity index (χ0) is 8.77. The molecule has 1 aliphatic heterocycles. The molecule has 2 rings (SSSR count). The van der Waals surface area contributed by atoms with Crippen molar-refractivity contribution in [1.29, 1.82) is 0 Å². The summed E-state index contributed by atoms with van der Waals surface area (Å²) in [5.41, 5.74) is -1.02. The van der Waals surface area contributed by atoms with E-state index in [9.17, 15) is 4.79 Å². The number of carboxylic acids is 1. The molecule has 2 fully saturated rings. The third-order valence-corrected chi connectivity index (χ3v) is 2.72. The third-order valence-electron chi connectivity index (χ3n) is 2.72. The lowest BCUT2D eigenvalue weighted by Crippen LogP contribution is -2.30. The van der Waals surface area contributed by atoms with Crippen LogP contribution in [0.25, 0.3) is 0 Å². The molecule has 12 heavy (non-hydrogen) atoms. The van der Waals surface area contributed by atoms with E-state index >= 15 is 0 Å². The van der Waals surface area contributed by atoms with Crippen LogP contribution in [0.4, 0.5) is 0 Å². The van der Waals surface area contributed by atoms with Crippen molar-refractivity contribution in [3.8, 4) is 0 Å². The first kappa shape index (κ1) is 8.01. The van der Waals surface area contributed by atoms with Crippen LogP contribution < -0.4 is 0 Å². The third kappa shape index (κ3) is 1.03. The molecule has 1 heterocycles. The summed E-state index contributed by atoms with van der Waals surface area (Å²) in [7, 11) is 0. The van der Waals surface area contributed by atoms with Crippen LogP contribution >= 0.6 is 0 Å². The van der Waals surface area contributed by atoms with E-state index in [1.54, 1.807) is 12.0 Å². The molecule has 0 spiro atoms. The van der Waals surface area contributed by atoms with Gasteiger partial charge in [-0.05, 0) is 19.8 Å². The summed E-state index contributed by atoms with van der Waals surface area (Å²) in [5.74, 6) is -0.880. The fraction of sp³-hybridized carbons (Fsp3) is 0.875. The highest BCUT2D eigenvalue weighted by Gasteiger charge is 2.61. The lowest BCUT2D eigenvalue weighted by Gasteiger charge is -2.07. The van der Waals surface area contributed by atoms with Crippen LogP contribution in [-0.2, 0) is 9.63 Å². The van der Waals surface area contributed by atoms with Gasteiger partial charge in [0.05, 0.1) is 0 Å². The van der Waals surface area contributed by atoms with E-state index in [0.29, 0.717) is 6.04 Å². The molecule has 0 radical (unpaired) electrons. The Kier molecular flexibility index (Phi) is 1.63. The fourth-order valence-electron chi connectivity index (χ4n) is 1.87. The van der Waals surface area contributed by atoms with E-state index in [2.05, 4.69) is 0 Å². The average molecular weight is 171 g/mol. The molecule has 2 aliphatic rings. The second-order valence-electron chi connectivity index (χ2n) is 3.64. The maximum absolute atomic E-state index is 10.7. The number of nitrogens with zero attached hydrogens (tertiary/aromatic N) is 1. The molecule has 4 nitrogen and oxygen atoms in total. The predicted octanol–water partition coefficient (Wildman–Crippen LogP) is 0.977. The molecule has 1 N–H and O–H groups in total. The van der Waals surface area contributed by atoms with Gasteiger partial charge in [-0.25, -0.2) is 4.79 Å². The molecule has 0 aromatic heterocycles. The summed E-state index contributed by atoms with van der Waals surface area (Å²) < 4.78 is 0. The number of rotatable bonds is 2. The molecule has 68 valence electrons. The van der Waals surface area contributed by atoms with Gasteiger partial charge < -0.3 is 5.11 Å². The molecule has 1 unspecified atom stereocenters. The summed E-state index contributed by atoms with van der Waals surface area (Å²) in [5, 5.41) is 10.4. The van der Waals surface area contributed by atoms with Gasteiger partial charge in [0.25, 0.3) is 5.72 Å². The molecule has 0 aromatic rings. The average Bonchev–Trinajstić information content (AvgIpc) is 2.49. The Morgan fingerprint density at radius 3 is 2.58 bits per heavy atom. The summed E-state index contributed by atoms with van der Waals surface area (Å²) in [4.78, 5) is 15.8. The van der Waals surface area contributed by atoms with Gasteiger partial charge in [-0.15, -0.1) is 5.06 Å². The van der Waals surface area contributed by atoms with Crippen LogP contribution in [0.15, 0.2) is 0 Å². The fourth-order valence-corrected chi connectivity index (χ4v) is 1.87. The summed E-state index contributed by atoms with van der Waals surface area (Å²) in [6.07, 6.45) is 4.53. The lowest BCUT2D eigenvalue weighted by molar-refractivity contribution is -0.142. The molecule has 4 heteroatoms. The van der Waals surface area contributed by atoms with Gasteiger partial charge in [-0.3, -0.25) is 4.84 Å². The minimum Gasteiger partial charge on any atom is -0.478 e. The van der Waals surface area contributed by atoms with Gasteiger partial charge in [-0.1, -0.05) is 12.8 Å². The van der Waals surface area contributed by atoms with Crippen molar-refractivity contribution in [3.63, 3.8) is 0 Å². The smallest absolute Gasteiger partial charge is 0.355 e. The van der Waals surface area contributed by atoms with E-state index < -0.39 is 11.7 Å². The standard InChI is InChI=1S/C8H13NO3/c1-8(7(10)11)9(12-8)6-4-2-3-5-6/h6H,2-5H2,1H3,(H,10,11)/t8-,9?/m1/s1. The minimum absolute atomic E-state index is 0.339. The Labute approximate surface area is 71.1 Å². The highest BCUT2D eigenvalue weighted by Crippen LogP contribution is 2.41. The minimum atomic E-state index is -1.02. The molecule has 1 saturated heterocycles. The molecule has 0 bridgehead atoms. The van der Waals surface area contributed by atoms with Crippen molar-refractivity contribution < 1.29 is 14.7 Å². The Morgan fingerprint density at radius 1 is 1.58 bits per heavy atom. The van der Waals surface area contributed by atoms with E-state index in [-0.39, 0.29) is 0 Å². The van der Waals surface area contributed by atoms with Crippen molar-refractivity contribution in [1.82, 2.24) is 5.06 Å². The number of carbonyl (C=O) groups is 1. The quantitative estimate of drug-likeness (QED) is 0.629. The van der Waals surface area contributed by atoms with Crippen molar-refractivity contribution in [2.45, 2.75) is 44.4 Å². The lowest BCUT2D eigenvalue weighted by atomic mass is 10.2. The topological polar surface area (TPSA) is 52.8 Å². The van der Waals surface area contributed by atoms with Crippen LogP contribution in [0.1, 0.15) is 32.6 Å². The number of carboxylic acid groups (broad SMARTS) is 1. The van der Waals surface area contributed by atoms with E-state index in [4.69, 9.17) is 9.94 Å². The Hall–Kier alpha value is -0.610. The maximum atomic E-state index is 10.7. The Morgan fingerprint density at radius 2 is 2.17 bits per heavy atom. The highest BCUT2D eigenvalue weighted by molar-refractivity contribution is 5.78. The summed E-state index contributed by atoms with van der Waals surface area (Å²) in [6, 6.07) is 0.339. The Bertz CT molecular complexity index is 212. The number of hydrogen-bond donors (Lipinski definition) is 1. The Balaban J connectivity index is 1.97. The van der Waals surface area contributed by atoms with Gasteiger partial charge in [0.1, 0.15) is 0 Å². The van der Waals surface area contributed by atoms with Crippen LogP contribution in [0, 0.1) is 0 Å². The van der Waals surface area contributed by atoms with E-state index in [0.717, 1.165) is 12.8 Å². The predicted molar refractivity (Wildman–Crippen MR) is 41.2 cm³/mol. The van der Waals surface area contributed by atoms with Gasteiger partial charge in [0.2, 0.25) is 0 Å². The molecular weight excluding hydrogens is 158 g/mol. The van der Waals surface area contributed by atoms with Crippen LogP contribution in [0.3, 0.4) is 0 Å². The van der Waals surface area contributed by atoms with Crippen LogP contribution in [-0.4, -0.2) is 27.9 Å². The molecule has 1 saturated carbocycles. The number of aliphatic carboxylic acids is 1. The molecular formula is C8H13NO3. The van der Waals surface area contributed by atoms with Gasteiger partial charge >= 0.3 is 5.97 Å². The normalized spacial score (nSPS) is 41.6. The van der Waals surface area contributed by atoms with Gasteiger partial charge in [-0.2, -0.15) is 0 Å². The zero-order valence-corrected chi connectivity index (χ0v) is 7.12. The SMILES string of the molecule is C[C@]1(C(=O)O)ON1C1CCCC1. The first-order valence-electron chi connectivity index (χ1n) is 4.36. The first-order valence-corrected chi connectivity index (χ1v) is 4.36. The second-order valence-corrected chi connectivity index (χ2v) is 3.64. The van der Waals surface area contributed by atoms with Crippen molar-refractivity contribution >= 4 is 5.97 Å². The monoisotopic (exact) mass is 171 g/mol. The van der Waals surface area contributed by atoms with E-state index in [1.165, 1.54) is 12.8 Å². The summed E-state index contributed by atoms with van der Waals surface area (Å²) >= 11 is 0. The van der Waals surface area contributed by atoms with Gasteiger partial charge in [0.15, 0.2) is 0 Å². The summed E-state index contributed by atoms with van der Waals surface area (Å²) in [6.45, 7) is 1.60. The van der Waals surface area contributed by atoms with Crippen molar-refractivity contribution in [2.75, 3.05) is 0 Å².